The molecule has 2 fully saturated rings. The number of halogens is 2. The van der Waals surface area contributed by atoms with Crippen molar-refractivity contribution in [1.29, 1.82) is 0 Å². The lowest BCUT2D eigenvalue weighted by atomic mass is 9.69. The van der Waals surface area contributed by atoms with Gasteiger partial charge in [-0.3, -0.25) is 4.79 Å². The van der Waals surface area contributed by atoms with Crippen molar-refractivity contribution in [3.05, 3.63) is 59.1 Å². The fourth-order valence-electron chi connectivity index (χ4n) is 5.02. The van der Waals surface area contributed by atoms with Crippen LogP contribution in [-0.4, -0.2) is 30.0 Å². The van der Waals surface area contributed by atoms with Crippen molar-refractivity contribution in [2.75, 3.05) is 11.9 Å². The molecule has 166 valence electrons. The molecule has 0 bridgehead atoms. The van der Waals surface area contributed by atoms with Gasteiger partial charge in [0.15, 0.2) is 0 Å². The Morgan fingerprint density at radius 1 is 1.10 bits per heavy atom. The third kappa shape index (κ3) is 4.36. The summed E-state index contributed by atoms with van der Waals surface area (Å²) in [4.78, 5) is 11.1. The van der Waals surface area contributed by atoms with Gasteiger partial charge in [0.2, 0.25) is 15.9 Å². The van der Waals surface area contributed by atoms with Crippen molar-refractivity contribution in [3.63, 3.8) is 0 Å². The fraction of sp³-hybridized carbons (Fsp3) is 0.435. The maximum absolute atomic E-state index is 13.7. The third-order valence-electron chi connectivity index (χ3n) is 6.47. The van der Waals surface area contributed by atoms with Crippen LogP contribution in [-0.2, 0) is 14.8 Å². The number of amides is 1. The average molecular weight is 481 g/mol. The van der Waals surface area contributed by atoms with Gasteiger partial charge in [0, 0.05) is 24.2 Å². The smallest absolute Gasteiger partial charge is 0.243 e. The van der Waals surface area contributed by atoms with Crippen LogP contribution in [0, 0.1) is 5.92 Å². The molecule has 1 heterocycles. The maximum Gasteiger partial charge on any atom is 0.243 e. The highest BCUT2D eigenvalue weighted by Gasteiger charge is 2.52. The van der Waals surface area contributed by atoms with Crippen LogP contribution >= 0.6 is 23.2 Å². The van der Waals surface area contributed by atoms with E-state index in [1.54, 1.807) is 22.5 Å². The highest BCUT2D eigenvalue weighted by atomic mass is 35.5. The van der Waals surface area contributed by atoms with Gasteiger partial charge >= 0.3 is 0 Å². The first-order chi connectivity index (χ1) is 14.7. The first-order valence-electron chi connectivity index (χ1n) is 10.6. The SMILES string of the molecule is CC(=O)Nc1ccc(S(=O)(=O)N2CCC3(Cl)CCCCC3C2c2ccccc2Cl)cc1. The zero-order valence-corrected chi connectivity index (χ0v) is 19.7. The second kappa shape index (κ2) is 8.74. The Morgan fingerprint density at radius 3 is 2.48 bits per heavy atom. The van der Waals surface area contributed by atoms with Crippen molar-refractivity contribution in [3.8, 4) is 0 Å². The molecule has 1 aliphatic heterocycles. The van der Waals surface area contributed by atoms with Crippen molar-refractivity contribution < 1.29 is 13.2 Å². The molecule has 1 aliphatic carbocycles. The number of anilines is 1. The minimum absolute atomic E-state index is 0.00926. The number of nitrogens with one attached hydrogen (secondary N) is 1. The number of carbonyl (C=O) groups is 1. The van der Waals surface area contributed by atoms with Crippen LogP contribution in [0.4, 0.5) is 5.69 Å². The molecule has 1 N–H and O–H groups in total. The molecule has 4 rings (SSSR count). The number of hydrogen-bond donors (Lipinski definition) is 1. The molecule has 0 spiro atoms. The van der Waals surface area contributed by atoms with E-state index in [0.717, 1.165) is 31.2 Å². The molecule has 0 aromatic heterocycles. The van der Waals surface area contributed by atoms with E-state index in [0.29, 0.717) is 23.7 Å². The number of rotatable bonds is 4. The lowest BCUT2D eigenvalue weighted by Crippen LogP contribution is -2.53. The molecule has 3 atom stereocenters. The van der Waals surface area contributed by atoms with Crippen LogP contribution in [0.1, 0.15) is 50.6 Å². The molecular weight excluding hydrogens is 455 g/mol. The third-order valence-corrected chi connectivity index (χ3v) is 9.36. The zero-order chi connectivity index (χ0) is 22.2. The summed E-state index contributed by atoms with van der Waals surface area (Å²) < 4.78 is 29.1. The normalized spacial score (nSPS) is 26.8. The minimum atomic E-state index is -3.80. The topological polar surface area (TPSA) is 66.5 Å². The Hall–Kier alpha value is -1.60. The molecular formula is C23H26Cl2N2O3S. The van der Waals surface area contributed by atoms with Gasteiger partial charge in [0.05, 0.1) is 15.8 Å². The van der Waals surface area contributed by atoms with Crippen molar-refractivity contribution >= 4 is 44.8 Å². The van der Waals surface area contributed by atoms with Gasteiger partial charge in [-0.1, -0.05) is 42.6 Å². The van der Waals surface area contributed by atoms with Crippen molar-refractivity contribution in [2.45, 2.75) is 54.8 Å². The van der Waals surface area contributed by atoms with Crippen LogP contribution in [0.25, 0.3) is 0 Å². The largest absolute Gasteiger partial charge is 0.326 e. The van der Waals surface area contributed by atoms with Crippen molar-refractivity contribution in [2.24, 2.45) is 5.92 Å². The van der Waals surface area contributed by atoms with Gasteiger partial charge < -0.3 is 5.32 Å². The molecule has 1 saturated carbocycles. The van der Waals surface area contributed by atoms with Gasteiger partial charge in [-0.15, -0.1) is 11.6 Å². The number of piperidine rings is 1. The summed E-state index contributed by atoms with van der Waals surface area (Å²) in [6, 6.07) is 13.3. The summed E-state index contributed by atoms with van der Waals surface area (Å²) in [5.74, 6) is -0.217. The van der Waals surface area contributed by atoms with Gasteiger partial charge in [0.25, 0.3) is 0 Å². The van der Waals surface area contributed by atoms with Crippen molar-refractivity contribution in [1.82, 2.24) is 4.31 Å². The Morgan fingerprint density at radius 2 is 1.81 bits per heavy atom. The predicted octanol–water partition coefficient (Wildman–Crippen LogP) is 5.60. The van der Waals surface area contributed by atoms with E-state index in [-0.39, 0.29) is 16.7 Å². The van der Waals surface area contributed by atoms with Gasteiger partial charge in [-0.05, 0) is 61.1 Å². The van der Waals surface area contributed by atoms with E-state index in [1.165, 1.54) is 19.1 Å². The lowest BCUT2D eigenvalue weighted by Gasteiger charge is -2.51. The molecule has 2 aliphatic rings. The second-order valence-corrected chi connectivity index (χ2v) is 11.5. The Bertz CT molecular complexity index is 1070. The van der Waals surface area contributed by atoms with Gasteiger partial charge in [0.1, 0.15) is 0 Å². The molecule has 1 saturated heterocycles. The quantitative estimate of drug-likeness (QED) is 0.578. The van der Waals surface area contributed by atoms with E-state index in [9.17, 15) is 13.2 Å². The molecule has 3 unspecified atom stereocenters. The molecule has 0 radical (unpaired) electrons. The zero-order valence-electron chi connectivity index (χ0n) is 17.4. The number of hydrogen-bond acceptors (Lipinski definition) is 3. The maximum atomic E-state index is 13.7. The summed E-state index contributed by atoms with van der Waals surface area (Å²) in [6.07, 6.45) is 4.46. The first kappa shape index (κ1) is 22.6. The Kier molecular flexibility index (Phi) is 6.37. The first-order valence-corrected chi connectivity index (χ1v) is 12.7. The van der Waals surface area contributed by atoms with Crippen LogP contribution < -0.4 is 5.32 Å². The molecule has 1 amide bonds. The van der Waals surface area contributed by atoms with E-state index < -0.39 is 20.9 Å². The number of alkyl halides is 1. The van der Waals surface area contributed by atoms with E-state index >= 15 is 0 Å². The minimum Gasteiger partial charge on any atom is -0.326 e. The Balaban J connectivity index is 1.76. The van der Waals surface area contributed by atoms with Gasteiger partial charge in [-0.2, -0.15) is 4.31 Å². The summed E-state index contributed by atoms with van der Waals surface area (Å²) in [5.41, 5.74) is 1.36. The summed E-state index contributed by atoms with van der Waals surface area (Å²) in [6.45, 7) is 1.75. The van der Waals surface area contributed by atoms with E-state index in [4.69, 9.17) is 23.2 Å². The molecule has 2 aromatic carbocycles. The molecule has 8 heteroatoms. The number of sulfonamides is 1. The highest BCUT2D eigenvalue weighted by Crippen LogP contribution is 2.54. The standard InChI is InChI=1S/C23H26Cl2N2O3S/c1-16(28)26-17-9-11-18(12-10-17)31(29,30)27-15-14-23(25)13-5-4-7-20(23)22(27)19-6-2-3-8-21(19)24/h2-3,6,8-12,20,22H,4-5,7,13-15H2,1H3,(H,26,28). The van der Waals surface area contributed by atoms with Crippen LogP contribution in [0.5, 0.6) is 0 Å². The second-order valence-electron chi connectivity index (χ2n) is 8.42. The van der Waals surface area contributed by atoms with Crippen LogP contribution in [0.15, 0.2) is 53.4 Å². The number of benzene rings is 2. The average Bonchev–Trinajstić information content (AvgIpc) is 2.73. The van der Waals surface area contributed by atoms with E-state index in [1.807, 2.05) is 18.2 Å². The van der Waals surface area contributed by atoms with Gasteiger partial charge in [-0.25, -0.2) is 8.42 Å². The fourth-order valence-corrected chi connectivity index (χ4v) is 7.36. The number of carbonyl (C=O) groups excluding carboxylic acids is 1. The highest BCUT2D eigenvalue weighted by molar-refractivity contribution is 7.89. The summed E-state index contributed by atoms with van der Waals surface area (Å²) >= 11 is 13.7. The van der Waals surface area contributed by atoms with Crippen LogP contribution in [0.2, 0.25) is 5.02 Å². The molecule has 5 nitrogen and oxygen atoms in total. The number of nitrogens with zero attached hydrogens (tertiary/aromatic N) is 1. The Labute approximate surface area is 193 Å². The monoisotopic (exact) mass is 480 g/mol. The summed E-state index contributed by atoms with van der Waals surface area (Å²) in [7, 11) is -3.80. The summed E-state index contributed by atoms with van der Waals surface area (Å²) in [5, 5.41) is 3.22. The van der Waals surface area contributed by atoms with Crippen LogP contribution in [0.3, 0.4) is 0 Å². The number of fused-ring (bicyclic) bond motifs is 1. The van der Waals surface area contributed by atoms with E-state index in [2.05, 4.69) is 5.32 Å². The lowest BCUT2D eigenvalue weighted by molar-refractivity contribution is -0.114. The predicted molar refractivity (Wildman–Crippen MR) is 124 cm³/mol. The molecule has 2 aromatic rings. The molecule has 31 heavy (non-hydrogen) atoms.